The molecular weight excluding hydrogens is 172 g/mol. The maximum atomic E-state index is 9.80. The van der Waals surface area contributed by atoms with E-state index in [9.17, 15) is 5.11 Å². The summed E-state index contributed by atoms with van der Waals surface area (Å²) in [5.74, 6) is 0.255. The summed E-state index contributed by atoms with van der Waals surface area (Å²) in [4.78, 5) is 0. The molecule has 0 aliphatic carbocycles. The summed E-state index contributed by atoms with van der Waals surface area (Å²) >= 11 is 0. The van der Waals surface area contributed by atoms with Gasteiger partial charge in [-0.2, -0.15) is 0 Å². The van der Waals surface area contributed by atoms with Gasteiger partial charge in [0.25, 0.3) is 0 Å². The molecule has 0 spiro atoms. The van der Waals surface area contributed by atoms with Gasteiger partial charge in [-0.15, -0.1) is 0 Å². The van der Waals surface area contributed by atoms with Crippen LogP contribution in [0.5, 0.6) is 0 Å². The van der Waals surface area contributed by atoms with Gasteiger partial charge in [0.15, 0.2) is 0 Å². The zero-order chi connectivity index (χ0) is 10.7. The van der Waals surface area contributed by atoms with E-state index in [4.69, 9.17) is 0 Å². The van der Waals surface area contributed by atoms with Crippen molar-refractivity contribution in [3.8, 4) is 0 Å². The van der Waals surface area contributed by atoms with Gasteiger partial charge in [0.2, 0.25) is 0 Å². The van der Waals surface area contributed by atoms with Crippen LogP contribution in [0.1, 0.15) is 38.0 Å². The number of aliphatic hydroxyl groups excluding tert-OH is 1. The van der Waals surface area contributed by atoms with E-state index in [-0.39, 0.29) is 12.0 Å². The van der Waals surface area contributed by atoms with Gasteiger partial charge in [-0.25, -0.2) is 0 Å². The molecule has 0 aromatic heterocycles. The largest absolute Gasteiger partial charge is 0.388 e. The highest BCUT2D eigenvalue weighted by molar-refractivity contribution is 5.61. The molecule has 1 heteroatoms. The van der Waals surface area contributed by atoms with E-state index >= 15 is 0 Å². The molecule has 1 aromatic carbocycles. The monoisotopic (exact) mass is 190 g/mol. The standard InChI is InChI=1S/C13H18O/c1-9(2)11-5-7-12(8-6-11)13(14)10(3)4/h5-8,10,13-14H,1H2,2-4H3. The van der Waals surface area contributed by atoms with Gasteiger partial charge in [-0.3, -0.25) is 0 Å². The summed E-state index contributed by atoms with van der Waals surface area (Å²) in [6, 6.07) is 7.94. The lowest BCUT2D eigenvalue weighted by molar-refractivity contribution is 0.127. The van der Waals surface area contributed by atoms with Crippen LogP contribution in [0.2, 0.25) is 0 Å². The normalized spacial score (nSPS) is 12.9. The molecule has 0 amide bonds. The van der Waals surface area contributed by atoms with Crippen molar-refractivity contribution in [1.29, 1.82) is 0 Å². The lowest BCUT2D eigenvalue weighted by Crippen LogP contribution is -2.04. The van der Waals surface area contributed by atoms with Gasteiger partial charge in [0, 0.05) is 0 Å². The minimum atomic E-state index is -0.367. The molecule has 1 N–H and O–H groups in total. The Morgan fingerprint density at radius 3 is 2.07 bits per heavy atom. The Morgan fingerprint density at radius 2 is 1.71 bits per heavy atom. The third kappa shape index (κ3) is 2.46. The third-order valence-corrected chi connectivity index (χ3v) is 2.38. The van der Waals surface area contributed by atoms with E-state index in [1.807, 2.05) is 45.0 Å². The summed E-state index contributed by atoms with van der Waals surface area (Å²) in [7, 11) is 0. The number of hydrogen-bond donors (Lipinski definition) is 1. The number of benzene rings is 1. The van der Waals surface area contributed by atoms with Gasteiger partial charge in [-0.05, 0) is 24.0 Å². The average molecular weight is 190 g/mol. The van der Waals surface area contributed by atoms with Crippen LogP contribution in [-0.4, -0.2) is 5.11 Å². The summed E-state index contributed by atoms with van der Waals surface area (Å²) in [5, 5.41) is 9.80. The van der Waals surface area contributed by atoms with Crippen molar-refractivity contribution in [3.05, 3.63) is 42.0 Å². The van der Waals surface area contributed by atoms with Gasteiger partial charge in [0.1, 0.15) is 0 Å². The van der Waals surface area contributed by atoms with Crippen LogP contribution in [0.3, 0.4) is 0 Å². The highest BCUT2D eigenvalue weighted by Crippen LogP contribution is 2.22. The molecule has 0 radical (unpaired) electrons. The fourth-order valence-electron chi connectivity index (χ4n) is 1.35. The highest BCUT2D eigenvalue weighted by atomic mass is 16.3. The molecule has 0 bridgehead atoms. The molecule has 0 heterocycles. The average Bonchev–Trinajstić information content (AvgIpc) is 2.16. The van der Waals surface area contributed by atoms with Crippen LogP contribution in [0.4, 0.5) is 0 Å². The molecule has 1 nitrogen and oxygen atoms in total. The Bertz CT molecular complexity index is 309. The van der Waals surface area contributed by atoms with Crippen molar-refractivity contribution in [2.75, 3.05) is 0 Å². The lowest BCUT2D eigenvalue weighted by Gasteiger charge is -2.15. The number of hydrogen-bond acceptors (Lipinski definition) is 1. The van der Waals surface area contributed by atoms with E-state index in [0.717, 1.165) is 16.7 Å². The minimum absolute atomic E-state index is 0.255. The first-order valence-corrected chi connectivity index (χ1v) is 4.96. The third-order valence-electron chi connectivity index (χ3n) is 2.38. The zero-order valence-corrected chi connectivity index (χ0v) is 9.12. The van der Waals surface area contributed by atoms with E-state index in [2.05, 4.69) is 6.58 Å². The van der Waals surface area contributed by atoms with Crippen molar-refractivity contribution in [2.45, 2.75) is 26.9 Å². The van der Waals surface area contributed by atoms with E-state index < -0.39 is 0 Å². The summed E-state index contributed by atoms with van der Waals surface area (Å²) in [5.41, 5.74) is 3.16. The fourth-order valence-corrected chi connectivity index (χ4v) is 1.35. The van der Waals surface area contributed by atoms with Crippen LogP contribution in [0.15, 0.2) is 30.8 Å². The summed E-state index contributed by atoms with van der Waals surface area (Å²) in [6.45, 7) is 9.88. The van der Waals surface area contributed by atoms with E-state index in [1.165, 1.54) is 0 Å². The molecule has 1 atom stereocenters. The summed E-state index contributed by atoms with van der Waals surface area (Å²) < 4.78 is 0. The van der Waals surface area contributed by atoms with E-state index in [1.54, 1.807) is 0 Å². The van der Waals surface area contributed by atoms with Crippen molar-refractivity contribution in [1.82, 2.24) is 0 Å². The Hall–Kier alpha value is -1.08. The van der Waals surface area contributed by atoms with Crippen LogP contribution < -0.4 is 0 Å². The van der Waals surface area contributed by atoms with Crippen molar-refractivity contribution < 1.29 is 5.11 Å². The second-order valence-electron chi connectivity index (χ2n) is 4.09. The Morgan fingerprint density at radius 1 is 1.21 bits per heavy atom. The second-order valence-corrected chi connectivity index (χ2v) is 4.09. The molecule has 76 valence electrons. The van der Waals surface area contributed by atoms with Crippen molar-refractivity contribution in [3.63, 3.8) is 0 Å². The lowest BCUT2D eigenvalue weighted by atomic mass is 9.97. The number of allylic oxidation sites excluding steroid dienone is 1. The topological polar surface area (TPSA) is 20.2 Å². The minimum Gasteiger partial charge on any atom is -0.388 e. The molecule has 0 saturated heterocycles. The Kier molecular flexibility index (Phi) is 3.48. The second kappa shape index (κ2) is 4.43. The highest BCUT2D eigenvalue weighted by Gasteiger charge is 2.11. The molecule has 1 aromatic rings. The maximum Gasteiger partial charge on any atom is 0.0812 e. The molecule has 0 fully saturated rings. The summed E-state index contributed by atoms with van der Waals surface area (Å²) in [6.07, 6.45) is -0.367. The van der Waals surface area contributed by atoms with Gasteiger partial charge >= 0.3 is 0 Å². The van der Waals surface area contributed by atoms with Crippen LogP contribution >= 0.6 is 0 Å². The number of aliphatic hydroxyl groups is 1. The molecule has 0 aliphatic heterocycles. The van der Waals surface area contributed by atoms with Crippen LogP contribution in [0.25, 0.3) is 5.57 Å². The molecule has 14 heavy (non-hydrogen) atoms. The van der Waals surface area contributed by atoms with Gasteiger partial charge < -0.3 is 5.11 Å². The molecule has 0 saturated carbocycles. The quantitative estimate of drug-likeness (QED) is 0.774. The smallest absolute Gasteiger partial charge is 0.0812 e. The first kappa shape index (κ1) is 11.0. The van der Waals surface area contributed by atoms with Crippen molar-refractivity contribution in [2.24, 2.45) is 5.92 Å². The first-order valence-electron chi connectivity index (χ1n) is 4.96. The Labute approximate surface area is 86.1 Å². The number of rotatable bonds is 3. The zero-order valence-electron chi connectivity index (χ0n) is 9.12. The molecule has 1 rings (SSSR count). The first-order chi connectivity index (χ1) is 6.52. The fraction of sp³-hybridized carbons (Fsp3) is 0.385. The van der Waals surface area contributed by atoms with E-state index in [0.29, 0.717) is 0 Å². The predicted octanol–water partition coefficient (Wildman–Crippen LogP) is 3.41. The van der Waals surface area contributed by atoms with Gasteiger partial charge in [-0.1, -0.05) is 50.3 Å². The molecule has 1 unspecified atom stereocenters. The van der Waals surface area contributed by atoms with Crippen molar-refractivity contribution >= 4 is 5.57 Å². The predicted molar refractivity (Wildman–Crippen MR) is 60.9 cm³/mol. The SMILES string of the molecule is C=C(C)c1ccc(C(O)C(C)C)cc1. The molecule has 0 aliphatic rings. The van der Waals surface area contributed by atoms with Crippen LogP contribution in [0, 0.1) is 5.92 Å². The molecular formula is C13H18O. The van der Waals surface area contributed by atoms with Crippen LogP contribution in [-0.2, 0) is 0 Å². The maximum absolute atomic E-state index is 9.80. The Balaban J connectivity index is 2.88. The van der Waals surface area contributed by atoms with Gasteiger partial charge in [0.05, 0.1) is 6.10 Å².